The van der Waals surface area contributed by atoms with Crippen LogP contribution in [-0.4, -0.2) is 66.9 Å². The Morgan fingerprint density at radius 3 is 1.29 bits per heavy atom. The van der Waals surface area contributed by atoms with E-state index >= 15 is 0 Å². The molecule has 0 fully saturated rings. The summed E-state index contributed by atoms with van der Waals surface area (Å²) >= 11 is 10.4. The smallest absolute Gasteiger partial charge is 0.138 e. The van der Waals surface area contributed by atoms with Crippen molar-refractivity contribution in [2.75, 3.05) is 19.6 Å². The number of Topliss-reactive ketones (excluding diaryl/α,β-unsaturated/α-hetero) is 3. The zero-order chi connectivity index (χ0) is 60.7. The van der Waals surface area contributed by atoms with Crippen LogP contribution in [0.1, 0.15) is 145 Å². The normalized spacial score (nSPS) is 13.6. The zero-order valence-corrected chi connectivity index (χ0v) is 56.0. The number of rotatable bonds is 24. The molecule has 3 N–H and O–H groups in total. The summed E-state index contributed by atoms with van der Waals surface area (Å²) in [6, 6.07) is 13.9. The van der Waals surface area contributed by atoms with E-state index in [2.05, 4.69) is 88.6 Å². The zero-order valence-electron chi connectivity index (χ0n) is 51.1. The molecule has 0 spiro atoms. The van der Waals surface area contributed by atoms with Gasteiger partial charge in [-0.25, -0.2) is 15.0 Å². The van der Waals surface area contributed by atoms with E-state index < -0.39 is 0 Å². The van der Waals surface area contributed by atoms with E-state index in [9.17, 15) is 14.4 Å². The van der Waals surface area contributed by atoms with E-state index in [-0.39, 0.29) is 0 Å². The number of thiophene rings is 3. The molecule has 18 heteroatoms. The van der Waals surface area contributed by atoms with Gasteiger partial charge < -0.3 is 16.0 Å². The first-order valence-electron chi connectivity index (χ1n) is 31.0. The average molecular weight is 1280 g/mol. The summed E-state index contributed by atoms with van der Waals surface area (Å²) in [5.41, 5.74) is 13.7. The van der Waals surface area contributed by atoms with Crippen LogP contribution in [0, 0.1) is 17.8 Å². The standard InChI is InChI=1S/3C23H27N3OS2/c1-15(2)5-3-7-17(27)11-20-22(18-8-10-25-13-21(18)29-20)23-26-19(14-28-23)16-6-4-9-24-12-16;1-15(2)6-5-7-16(27)12-20-22(17-9-11-24-13-21(17)29-20)23-26-19(14-28-23)18-8-3-4-10-25-18;1-15(2)4-3-5-17(27)12-20-22(18-8-11-25-13-21(18)29-20)23-26-19(14-28-23)16-6-9-24-10-7-16/h4,6,9,12,14-15,25H,3,5,7-8,10-11,13H2,1-2H3;3-4,8,10,14-15,24H,5-7,9,11-13H2,1-2H3;6-7,9-10,14-15,25H,3-5,8,11-13H2,1-2H3. The Kier molecular flexibility index (Phi) is 23.4. The summed E-state index contributed by atoms with van der Waals surface area (Å²) in [4.78, 5) is 73.3. The van der Waals surface area contributed by atoms with Gasteiger partial charge in [0.05, 0.1) is 17.1 Å². The van der Waals surface area contributed by atoms with Crippen molar-refractivity contribution >= 4 is 85.4 Å². The van der Waals surface area contributed by atoms with Crippen LogP contribution < -0.4 is 16.0 Å². The van der Waals surface area contributed by atoms with Crippen LogP contribution in [0.15, 0.2) is 89.6 Å². The third kappa shape index (κ3) is 17.4. The molecule has 0 aliphatic carbocycles. The molecular weight excluding hydrogens is 1200 g/mol. The van der Waals surface area contributed by atoms with Gasteiger partial charge in [-0.1, -0.05) is 66.9 Å². The van der Waals surface area contributed by atoms with Crippen molar-refractivity contribution < 1.29 is 14.4 Å². The van der Waals surface area contributed by atoms with E-state index in [1.54, 1.807) is 92.8 Å². The number of carbonyl (C=O) groups is 3. The third-order valence-corrected chi connectivity index (χ3v) is 22.1. The summed E-state index contributed by atoms with van der Waals surface area (Å²) in [5.74, 6) is 3.01. The minimum Gasteiger partial charge on any atom is -0.312 e. The quantitative estimate of drug-likeness (QED) is 0.0525. The van der Waals surface area contributed by atoms with Crippen LogP contribution in [0.25, 0.3) is 65.6 Å². The molecule has 9 aromatic heterocycles. The Balaban J connectivity index is 0.000000144. The largest absolute Gasteiger partial charge is 0.312 e. The van der Waals surface area contributed by atoms with Crippen LogP contribution in [0.2, 0.25) is 0 Å². The minimum atomic E-state index is 0.347. The van der Waals surface area contributed by atoms with Gasteiger partial charge in [0.15, 0.2) is 0 Å². The van der Waals surface area contributed by atoms with Crippen molar-refractivity contribution in [1.29, 1.82) is 0 Å². The molecule has 87 heavy (non-hydrogen) atoms. The molecule has 0 radical (unpaired) electrons. The van der Waals surface area contributed by atoms with Gasteiger partial charge in [-0.3, -0.25) is 29.3 Å². The molecule has 12 heterocycles. The molecule has 0 amide bonds. The summed E-state index contributed by atoms with van der Waals surface area (Å²) in [6.45, 7) is 18.9. The molecule has 0 unspecified atom stereocenters. The van der Waals surface area contributed by atoms with Gasteiger partial charge in [0, 0.05) is 162 Å². The molecule has 3 aliphatic heterocycles. The van der Waals surface area contributed by atoms with Crippen molar-refractivity contribution in [1.82, 2.24) is 45.9 Å². The number of nitrogens with one attached hydrogen (secondary N) is 3. The number of thiazole rings is 3. The van der Waals surface area contributed by atoms with Crippen LogP contribution >= 0.6 is 68.0 Å². The highest BCUT2D eigenvalue weighted by atomic mass is 32.1. The molecule has 0 saturated carbocycles. The number of hydrogen-bond donors (Lipinski definition) is 3. The molecule has 12 rings (SSSR count). The summed E-state index contributed by atoms with van der Waals surface area (Å²) < 4.78 is 0. The van der Waals surface area contributed by atoms with Crippen LogP contribution in [0.3, 0.4) is 0 Å². The lowest BCUT2D eigenvalue weighted by Crippen LogP contribution is -2.22. The highest BCUT2D eigenvalue weighted by molar-refractivity contribution is 7.17. The maximum absolute atomic E-state index is 12.7. The van der Waals surface area contributed by atoms with Gasteiger partial charge >= 0.3 is 0 Å². The molecule has 456 valence electrons. The van der Waals surface area contributed by atoms with Gasteiger partial charge in [-0.15, -0.1) is 68.0 Å². The molecule has 9 aromatic rings. The fraction of sp³-hybridized carbons (Fsp3) is 0.435. The lowest BCUT2D eigenvalue weighted by Gasteiger charge is -2.13. The number of ketones is 3. The number of pyridine rings is 3. The fourth-order valence-corrected chi connectivity index (χ4v) is 18.3. The van der Waals surface area contributed by atoms with Gasteiger partial charge in [0.2, 0.25) is 0 Å². The predicted octanol–water partition coefficient (Wildman–Crippen LogP) is 16.6. The second-order valence-corrected chi connectivity index (χ2v) is 30.1. The highest BCUT2D eigenvalue weighted by Crippen LogP contribution is 2.44. The lowest BCUT2D eigenvalue weighted by molar-refractivity contribution is -0.119. The molecular formula is C69H81N9O3S6. The first-order valence-corrected chi connectivity index (χ1v) is 36.1. The second kappa shape index (κ2) is 31.7. The van der Waals surface area contributed by atoms with Crippen molar-refractivity contribution in [3.05, 3.63) is 136 Å². The van der Waals surface area contributed by atoms with Crippen LogP contribution in [-0.2, 0) is 72.5 Å². The Morgan fingerprint density at radius 1 is 0.460 bits per heavy atom. The summed E-state index contributed by atoms with van der Waals surface area (Å²) in [7, 11) is 0. The Labute approximate surface area is 537 Å². The second-order valence-electron chi connectivity index (χ2n) is 24.0. The number of hydrogen-bond acceptors (Lipinski definition) is 18. The predicted molar refractivity (Wildman–Crippen MR) is 364 cm³/mol. The van der Waals surface area contributed by atoms with E-state index in [0.717, 1.165) is 146 Å². The third-order valence-electron chi connectivity index (χ3n) is 15.8. The van der Waals surface area contributed by atoms with Crippen molar-refractivity contribution in [2.45, 2.75) is 157 Å². The van der Waals surface area contributed by atoms with Crippen LogP contribution in [0.5, 0.6) is 0 Å². The molecule has 0 aromatic carbocycles. The van der Waals surface area contributed by atoms with Gasteiger partial charge in [0.1, 0.15) is 38.1 Å². The summed E-state index contributed by atoms with van der Waals surface area (Å²) in [6.07, 6.45) is 22.0. The van der Waals surface area contributed by atoms with Gasteiger partial charge in [-0.2, -0.15) is 0 Å². The SMILES string of the molecule is CC(C)CCCC(=O)Cc1sc2c(c1-c1nc(-c3ccccn3)cs1)CCNC2.CC(C)CCCC(=O)Cc1sc2c(c1-c1nc(-c3cccnc3)cs1)CCNC2.CC(C)CCCC(=O)Cc1sc2c(c1-c1nc(-c3ccncc3)cs1)CCNC2. The number of nitrogens with zero attached hydrogens (tertiary/aromatic N) is 6. The first kappa shape index (κ1) is 64.3. The van der Waals surface area contributed by atoms with E-state index in [0.29, 0.717) is 73.6 Å². The van der Waals surface area contributed by atoms with Gasteiger partial charge in [0.25, 0.3) is 0 Å². The van der Waals surface area contributed by atoms with E-state index in [1.807, 2.05) is 48.7 Å². The maximum atomic E-state index is 12.7. The van der Waals surface area contributed by atoms with Crippen molar-refractivity contribution in [3.8, 4) is 65.6 Å². The Morgan fingerprint density at radius 2 is 0.885 bits per heavy atom. The van der Waals surface area contributed by atoms with Crippen LogP contribution in [0.4, 0.5) is 0 Å². The van der Waals surface area contributed by atoms with E-state index in [1.165, 1.54) is 62.6 Å². The summed E-state index contributed by atoms with van der Waals surface area (Å²) in [5, 5.41) is 19.8. The lowest BCUT2D eigenvalue weighted by atomic mass is 9.99. The maximum Gasteiger partial charge on any atom is 0.138 e. The molecule has 0 atom stereocenters. The Bertz CT molecular complexity index is 3310. The van der Waals surface area contributed by atoms with Crippen molar-refractivity contribution in [3.63, 3.8) is 0 Å². The number of fused-ring (bicyclic) bond motifs is 3. The van der Waals surface area contributed by atoms with E-state index in [4.69, 9.17) is 15.0 Å². The average Bonchev–Trinajstić information content (AvgIpc) is 2.13. The monoisotopic (exact) mass is 1280 g/mol. The minimum absolute atomic E-state index is 0.347. The van der Waals surface area contributed by atoms with Gasteiger partial charge in [-0.05, 0) is 129 Å². The first-order chi connectivity index (χ1) is 42.3. The highest BCUT2D eigenvalue weighted by Gasteiger charge is 2.28. The topological polar surface area (TPSA) is 165 Å². The number of aromatic nitrogens is 6. The number of carbonyl (C=O) groups excluding carboxylic acids is 3. The molecule has 3 aliphatic rings. The molecule has 0 saturated heterocycles. The molecule has 12 nitrogen and oxygen atoms in total. The molecule has 0 bridgehead atoms. The van der Waals surface area contributed by atoms with Crippen molar-refractivity contribution in [2.24, 2.45) is 17.8 Å². The Hall–Kier alpha value is -5.67. The fourth-order valence-electron chi connectivity index (χ4n) is 11.3.